The highest BCUT2D eigenvalue weighted by Crippen LogP contribution is 2.22. The summed E-state index contributed by atoms with van der Waals surface area (Å²) in [4.78, 5) is 27.1. The van der Waals surface area contributed by atoms with Crippen LogP contribution in [0.4, 0.5) is 10.1 Å². The zero-order valence-corrected chi connectivity index (χ0v) is 20.1. The molecule has 0 radical (unpaired) electrons. The van der Waals surface area contributed by atoms with Gasteiger partial charge >= 0.3 is 0 Å². The lowest BCUT2D eigenvalue weighted by atomic mass is 10.1. The number of para-hydroxylation sites is 1. The van der Waals surface area contributed by atoms with Crippen molar-refractivity contribution in [2.45, 2.75) is 38.6 Å². The number of carbonyl (C=O) groups excluding carboxylic acids is 2. The molecule has 0 spiro atoms. The van der Waals surface area contributed by atoms with E-state index in [4.69, 9.17) is 0 Å². The fraction of sp³-hybridized carbons (Fsp3) is 0.417. The molecular formula is C24H32FN3O4S. The van der Waals surface area contributed by atoms with Crippen molar-refractivity contribution in [3.05, 3.63) is 66.0 Å². The Hall–Kier alpha value is -2.94. The van der Waals surface area contributed by atoms with Crippen LogP contribution in [0, 0.1) is 5.82 Å². The minimum absolute atomic E-state index is 0.0305. The summed E-state index contributed by atoms with van der Waals surface area (Å²) in [5.74, 6) is -1.14. The number of carbonyl (C=O) groups is 2. The van der Waals surface area contributed by atoms with Gasteiger partial charge in [-0.2, -0.15) is 0 Å². The third-order valence-corrected chi connectivity index (χ3v) is 6.57. The number of likely N-dealkylation sites (N-methyl/N-ethyl adjacent to an activating group) is 1. The Morgan fingerprint density at radius 2 is 1.67 bits per heavy atom. The van der Waals surface area contributed by atoms with Gasteiger partial charge in [-0.15, -0.1) is 0 Å². The fourth-order valence-corrected chi connectivity index (χ4v) is 4.67. The van der Waals surface area contributed by atoms with Crippen molar-refractivity contribution in [2.24, 2.45) is 0 Å². The van der Waals surface area contributed by atoms with E-state index in [9.17, 15) is 22.4 Å². The van der Waals surface area contributed by atoms with Gasteiger partial charge in [0.1, 0.15) is 11.9 Å². The number of rotatable bonds is 12. The molecule has 0 heterocycles. The van der Waals surface area contributed by atoms with E-state index in [1.165, 1.54) is 25.2 Å². The summed E-state index contributed by atoms with van der Waals surface area (Å²) < 4.78 is 39.7. The summed E-state index contributed by atoms with van der Waals surface area (Å²) >= 11 is 0. The van der Waals surface area contributed by atoms with Gasteiger partial charge in [-0.1, -0.05) is 49.4 Å². The molecule has 2 aromatic rings. The quantitative estimate of drug-likeness (QED) is 0.509. The van der Waals surface area contributed by atoms with Crippen LogP contribution in [-0.2, 0) is 26.0 Å². The van der Waals surface area contributed by atoms with E-state index in [2.05, 4.69) is 5.32 Å². The molecular weight excluding hydrogens is 445 g/mol. The van der Waals surface area contributed by atoms with Crippen LogP contribution in [0.5, 0.6) is 0 Å². The Balaban J connectivity index is 2.13. The zero-order valence-electron chi connectivity index (χ0n) is 19.3. The highest BCUT2D eigenvalue weighted by molar-refractivity contribution is 7.92. The lowest BCUT2D eigenvalue weighted by Gasteiger charge is -2.30. The molecule has 0 aliphatic carbocycles. The van der Waals surface area contributed by atoms with Gasteiger partial charge in [0.05, 0.1) is 11.9 Å². The van der Waals surface area contributed by atoms with Crippen molar-refractivity contribution < 1.29 is 22.4 Å². The van der Waals surface area contributed by atoms with Gasteiger partial charge in [-0.05, 0) is 37.0 Å². The summed E-state index contributed by atoms with van der Waals surface area (Å²) in [6, 6.07) is 14.7. The van der Waals surface area contributed by atoms with Gasteiger partial charge in [0.2, 0.25) is 21.8 Å². The molecule has 0 aliphatic rings. The highest BCUT2D eigenvalue weighted by atomic mass is 32.2. The van der Waals surface area contributed by atoms with Gasteiger partial charge < -0.3 is 10.2 Å². The van der Waals surface area contributed by atoms with Crippen LogP contribution in [0.3, 0.4) is 0 Å². The van der Waals surface area contributed by atoms with Crippen molar-refractivity contribution in [3.8, 4) is 0 Å². The van der Waals surface area contributed by atoms with Gasteiger partial charge in [0.25, 0.3) is 0 Å². The average molecular weight is 478 g/mol. The Kier molecular flexibility index (Phi) is 9.84. The second-order valence-electron chi connectivity index (χ2n) is 7.75. The topological polar surface area (TPSA) is 86.8 Å². The average Bonchev–Trinajstić information content (AvgIpc) is 2.79. The van der Waals surface area contributed by atoms with E-state index in [1.54, 1.807) is 11.0 Å². The first-order valence-electron chi connectivity index (χ1n) is 11.0. The number of anilines is 1. The summed E-state index contributed by atoms with van der Waals surface area (Å²) in [7, 11) is -2.21. The number of hydrogen-bond acceptors (Lipinski definition) is 4. The number of hydrogen-bond donors (Lipinski definition) is 1. The molecule has 180 valence electrons. The molecule has 2 aromatic carbocycles. The van der Waals surface area contributed by atoms with Crippen LogP contribution in [0.25, 0.3) is 0 Å². The fourth-order valence-electron chi connectivity index (χ4n) is 3.70. The monoisotopic (exact) mass is 477 g/mol. The van der Waals surface area contributed by atoms with Crippen molar-refractivity contribution in [1.82, 2.24) is 10.2 Å². The molecule has 33 heavy (non-hydrogen) atoms. The zero-order chi connectivity index (χ0) is 24.4. The largest absolute Gasteiger partial charge is 0.357 e. The minimum Gasteiger partial charge on any atom is -0.357 e. The normalized spacial score (nSPS) is 12.1. The molecule has 0 aromatic heterocycles. The lowest BCUT2D eigenvalue weighted by Crippen LogP contribution is -2.49. The summed E-state index contributed by atoms with van der Waals surface area (Å²) in [6.45, 7) is 2.15. The van der Waals surface area contributed by atoms with Crippen LogP contribution >= 0.6 is 0 Å². The van der Waals surface area contributed by atoms with Gasteiger partial charge in [0.15, 0.2) is 0 Å². The molecule has 0 unspecified atom stereocenters. The number of benzene rings is 2. The minimum atomic E-state index is -3.74. The van der Waals surface area contributed by atoms with E-state index in [0.29, 0.717) is 19.4 Å². The van der Waals surface area contributed by atoms with Crippen molar-refractivity contribution >= 4 is 27.5 Å². The number of halogens is 1. The molecule has 2 rings (SSSR count). The van der Waals surface area contributed by atoms with Gasteiger partial charge in [0, 0.05) is 26.6 Å². The second kappa shape index (κ2) is 12.3. The summed E-state index contributed by atoms with van der Waals surface area (Å²) in [6.07, 6.45) is 2.26. The number of sulfonamides is 1. The molecule has 0 aliphatic heterocycles. The first-order chi connectivity index (χ1) is 15.7. The predicted octanol–water partition coefficient (Wildman–Crippen LogP) is 2.97. The molecule has 0 fully saturated rings. The molecule has 7 nitrogen and oxygen atoms in total. The van der Waals surface area contributed by atoms with Crippen molar-refractivity contribution in [2.75, 3.05) is 30.7 Å². The molecule has 0 bridgehead atoms. The maximum Gasteiger partial charge on any atom is 0.242 e. The van der Waals surface area contributed by atoms with Gasteiger partial charge in [-0.3, -0.25) is 13.9 Å². The summed E-state index contributed by atoms with van der Waals surface area (Å²) in [5.41, 5.74) is 0.995. The summed E-state index contributed by atoms with van der Waals surface area (Å²) in [5, 5.41) is 2.61. The van der Waals surface area contributed by atoms with Crippen LogP contribution in [-0.4, -0.2) is 57.6 Å². The third kappa shape index (κ3) is 7.56. The van der Waals surface area contributed by atoms with Crippen LogP contribution in [0.1, 0.15) is 31.7 Å². The van der Waals surface area contributed by atoms with E-state index in [0.717, 1.165) is 16.1 Å². The first kappa shape index (κ1) is 26.3. The van der Waals surface area contributed by atoms with Gasteiger partial charge in [-0.25, -0.2) is 12.8 Å². The standard InChI is InChI=1S/C24H32FN3O4S/c1-4-21(24(30)26-2)27(18-16-19-11-6-5-7-12-19)23(29)15-10-17-28(33(3,31)32)22-14-9-8-13-20(22)25/h5-9,11-14,21H,4,10,15-18H2,1-3H3,(H,26,30)/t21-/m0/s1. The van der Waals surface area contributed by atoms with Crippen molar-refractivity contribution in [1.29, 1.82) is 0 Å². The highest BCUT2D eigenvalue weighted by Gasteiger charge is 2.28. The van der Waals surface area contributed by atoms with E-state index in [1.807, 2.05) is 37.3 Å². The first-order valence-corrected chi connectivity index (χ1v) is 12.8. The molecule has 2 amide bonds. The Morgan fingerprint density at radius 3 is 2.24 bits per heavy atom. The smallest absolute Gasteiger partial charge is 0.242 e. The predicted molar refractivity (Wildman–Crippen MR) is 128 cm³/mol. The van der Waals surface area contributed by atoms with E-state index in [-0.39, 0.29) is 36.9 Å². The van der Waals surface area contributed by atoms with E-state index < -0.39 is 21.9 Å². The number of nitrogens with one attached hydrogen (secondary N) is 1. The van der Waals surface area contributed by atoms with Crippen LogP contribution in [0.15, 0.2) is 54.6 Å². The molecule has 0 saturated carbocycles. The molecule has 1 atom stereocenters. The maximum atomic E-state index is 14.2. The molecule has 0 saturated heterocycles. The van der Waals surface area contributed by atoms with Crippen LogP contribution < -0.4 is 9.62 Å². The lowest BCUT2D eigenvalue weighted by molar-refractivity contribution is -0.140. The van der Waals surface area contributed by atoms with Crippen LogP contribution in [0.2, 0.25) is 0 Å². The Labute approximate surface area is 195 Å². The number of amides is 2. The number of nitrogens with zero attached hydrogens (tertiary/aromatic N) is 2. The Morgan fingerprint density at radius 1 is 1.03 bits per heavy atom. The second-order valence-corrected chi connectivity index (χ2v) is 9.66. The molecule has 9 heteroatoms. The third-order valence-electron chi connectivity index (χ3n) is 5.39. The maximum absolute atomic E-state index is 14.2. The van der Waals surface area contributed by atoms with Crippen molar-refractivity contribution in [3.63, 3.8) is 0 Å². The molecule has 1 N–H and O–H groups in total. The van der Waals surface area contributed by atoms with E-state index >= 15 is 0 Å². The Bertz CT molecular complexity index is 1030. The SMILES string of the molecule is CC[C@@H](C(=O)NC)N(CCc1ccccc1)C(=O)CCCN(c1ccccc1F)S(C)(=O)=O.